The summed E-state index contributed by atoms with van der Waals surface area (Å²) < 4.78 is 5.08. The van der Waals surface area contributed by atoms with Crippen molar-refractivity contribution in [3.05, 3.63) is 0 Å². The number of carbonyl (C=O) groups excluding carboxylic acids is 1. The molecule has 0 aliphatic carbocycles. The molecule has 0 fully saturated rings. The van der Waals surface area contributed by atoms with E-state index in [0.29, 0.717) is 6.54 Å². The van der Waals surface area contributed by atoms with Crippen LogP contribution in [0.25, 0.3) is 0 Å². The van der Waals surface area contributed by atoms with Crippen molar-refractivity contribution >= 4 is 5.91 Å². The lowest BCUT2D eigenvalue weighted by molar-refractivity contribution is -0.121. The molecule has 0 aromatic rings. The Hall–Kier alpha value is -0.610. The van der Waals surface area contributed by atoms with Crippen molar-refractivity contribution in [2.45, 2.75) is 19.4 Å². The van der Waals surface area contributed by atoms with Crippen LogP contribution in [0.3, 0.4) is 0 Å². The van der Waals surface area contributed by atoms with Gasteiger partial charge in [-0.15, -0.1) is 0 Å². The molecule has 3 N–H and O–H groups in total. The van der Waals surface area contributed by atoms with Gasteiger partial charge in [0, 0.05) is 13.7 Å². The Morgan fingerprint density at radius 2 is 2.18 bits per heavy atom. The first kappa shape index (κ1) is 10.4. The molecule has 11 heavy (non-hydrogen) atoms. The van der Waals surface area contributed by atoms with Gasteiger partial charge < -0.3 is 15.8 Å². The van der Waals surface area contributed by atoms with E-state index in [4.69, 9.17) is 10.5 Å². The van der Waals surface area contributed by atoms with Crippen LogP contribution in [0.15, 0.2) is 0 Å². The predicted molar refractivity (Wildman–Crippen MR) is 43.2 cm³/mol. The molecule has 0 rings (SSSR count). The normalized spacial score (nSPS) is 11.3. The van der Waals surface area contributed by atoms with Gasteiger partial charge >= 0.3 is 0 Å². The molecule has 0 saturated heterocycles. The van der Waals surface area contributed by atoms with Crippen molar-refractivity contribution in [1.29, 1.82) is 0 Å². The lowest BCUT2D eigenvalue weighted by Crippen LogP contribution is -2.41. The Balaban J connectivity index is 3.61. The zero-order valence-electron chi connectivity index (χ0n) is 7.31. The zero-order chi connectivity index (χ0) is 8.91. The number of nitrogens with two attached hydrogens (primary N) is 1. The number of hydrogen-bond donors (Lipinski definition) is 2. The second kappa shape index (κ2) is 4.31. The molecular formula is C7H16N2O2. The van der Waals surface area contributed by atoms with E-state index in [0.717, 1.165) is 0 Å². The summed E-state index contributed by atoms with van der Waals surface area (Å²) in [5.74, 6) is -0.157. The molecule has 4 nitrogen and oxygen atoms in total. The fraction of sp³-hybridized carbons (Fsp3) is 0.857. The summed E-state index contributed by atoms with van der Waals surface area (Å²) in [4.78, 5) is 10.7. The Labute approximate surface area is 67.1 Å². The van der Waals surface area contributed by atoms with Gasteiger partial charge in [-0.25, -0.2) is 0 Å². The van der Waals surface area contributed by atoms with Crippen molar-refractivity contribution in [2.75, 3.05) is 20.2 Å². The van der Waals surface area contributed by atoms with Gasteiger partial charge in [-0.3, -0.25) is 4.79 Å². The first-order valence-corrected chi connectivity index (χ1v) is 3.54. The smallest absolute Gasteiger partial charge is 0.233 e. The molecule has 0 aromatic carbocycles. The van der Waals surface area contributed by atoms with Gasteiger partial charge in [0.25, 0.3) is 0 Å². The minimum atomic E-state index is -0.315. The van der Waals surface area contributed by atoms with Gasteiger partial charge in [-0.2, -0.15) is 0 Å². The van der Waals surface area contributed by atoms with Crippen molar-refractivity contribution < 1.29 is 9.53 Å². The lowest BCUT2D eigenvalue weighted by Gasteiger charge is -2.22. The quantitative estimate of drug-likeness (QED) is 0.582. The Kier molecular flexibility index (Phi) is 4.07. The highest BCUT2D eigenvalue weighted by molar-refractivity contribution is 5.77. The highest BCUT2D eigenvalue weighted by Gasteiger charge is 2.16. The topological polar surface area (TPSA) is 64.3 Å². The molecule has 0 saturated carbocycles. The number of methoxy groups -OCH3 is 1. The molecule has 0 unspecified atom stereocenters. The van der Waals surface area contributed by atoms with Crippen LogP contribution in [-0.4, -0.2) is 31.7 Å². The first-order chi connectivity index (χ1) is 5.02. The number of rotatable bonds is 4. The van der Waals surface area contributed by atoms with Crippen molar-refractivity contribution in [3.8, 4) is 0 Å². The number of amides is 1. The van der Waals surface area contributed by atoms with Crippen LogP contribution in [-0.2, 0) is 9.53 Å². The monoisotopic (exact) mass is 160 g/mol. The summed E-state index contributed by atoms with van der Waals surface area (Å²) in [5.41, 5.74) is 4.78. The maximum Gasteiger partial charge on any atom is 0.233 e. The Morgan fingerprint density at radius 1 is 1.64 bits per heavy atom. The lowest BCUT2D eigenvalue weighted by atomic mass is 10.1. The average Bonchev–Trinajstić information content (AvgIpc) is 2.00. The largest absolute Gasteiger partial charge is 0.377 e. The van der Waals surface area contributed by atoms with Crippen LogP contribution < -0.4 is 11.1 Å². The summed E-state index contributed by atoms with van der Waals surface area (Å²) in [6.45, 7) is 4.30. The van der Waals surface area contributed by atoms with Crippen LogP contribution >= 0.6 is 0 Å². The van der Waals surface area contributed by atoms with E-state index in [2.05, 4.69) is 5.32 Å². The third kappa shape index (κ3) is 4.75. The van der Waals surface area contributed by atoms with E-state index in [1.165, 1.54) is 0 Å². The zero-order valence-corrected chi connectivity index (χ0v) is 7.31. The van der Waals surface area contributed by atoms with Gasteiger partial charge in [0.15, 0.2) is 0 Å². The maximum absolute atomic E-state index is 10.7. The van der Waals surface area contributed by atoms with Crippen LogP contribution in [0.2, 0.25) is 0 Å². The number of nitrogens with one attached hydrogen (secondary N) is 1. The fourth-order valence-electron chi connectivity index (χ4n) is 0.456. The highest BCUT2D eigenvalue weighted by atomic mass is 16.5. The van der Waals surface area contributed by atoms with Gasteiger partial charge in [-0.05, 0) is 13.8 Å². The molecule has 1 amide bonds. The van der Waals surface area contributed by atoms with E-state index in [9.17, 15) is 4.79 Å². The van der Waals surface area contributed by atoms with E-state index in [1.54, 1.807) is 7.11 Å². The number of hydrogen-bond acceptors (Lipinski definition) is 3. The molecule has 66 valence electrons. The molecule has 0 bridgehead atoms. The molecule has 0 atom stereocenters. The van der Waals surface area contributed by atoms with E-state index in [-0.39, 0.29) is 18.1 Å². The van der Waals surface area contributed by atoms with E-state index < -0.39 is 0 Å². The molecule has 0 aromatic heterocycles. The number of carbonyl (C=O) groups is 1. The summed E-state index contributed by atoms with van der Waals surface area (Å²) in [6.07, 6.45) is 0. The molecule has 0 aliphatic heterocycles. The first-order valence-electron chi connectivity index (χ1n) is 3.54. The Morgan fingerprint density at radius 3 is 2.55 bits per heavy atom. The van der Waals surface area contributed by atoms with Gasteiger partial charge in [0.1, 0.15) is 0 Å². The molecule has 0 heterocycles. The summed E-state index contributed by atoms with van der Waals surface area (Å²) in [7, 11) is 1.61. The summed E-state index contributed by atoms with van der Waals surface area (Å²) in [6, 6.07) is 0. The second-order valence-corrected chi connectivity index (χ2v) is 2.94. The highest BCUT2D eigenvalue weighted by Crippen LogP contribution is 2.03. The van der Waals surface area contributed by atoms with Crippen molar-refractivity contribution in [3.63, 3.8) is 0 Å². The van der Waals surface area contributed by atoms with Crippen LogP contribution in [0.1, 0.15) is 13.8 Å². The molecule has 0 spiro atoms. The van der Waals surface area contributed by atoms with Crippen molar-refractivity contribution in [2.24, 2.45) is 5.73 Å². The third-order valence-corrected chi connectivity index (χ3v) is 1.45. The summed E-state index contributed by atoms with van der Waals surface area (Å²) in [5, 5.41) is 2.63. The minimum Gasteiger partial charge on any atom is -0.377 e. The standard InChI is InChI=1S/C7H16N2O2/c1-7(2,11-3)5-9-6(10)4-8/h4-5,8H2,1-3H3,(H,9,10). The van der Waals surface area contributed by atoms with E-state index >= 15 is 0 Å². The van der Waals surface area contributed by atoms with Crippen LogP contribution in [0.5, 0.6) is 0 Å². The maximum atomic E-state index is 10.7. The van der Waals surface area contributed by atoms with Gasteiger partial charge in [0.05, 0.1) is 12.1 Å². The SMILES string of the molecule is COC(C)(C)CNC(=O)CN. The van der Waals surface area contributed by atoms with E-state index in [1.807, 2.05) is 13.8 Å². The molecule has 4 heteroatoms. The van der Waals surface area contributed by atoms with Crippen LogP contribution in [0.4, 0.5) is 0 Å². The molecule has 0 radical (unpaired) electrons. The van der Waals surface area contributed by atoms with Crippen LogP contribution in [0, 0.1) is 0 Å². The average molecular weight is 160 g/mol. The summed E-state index contributed by atoms with van der Waals surface area (Å²) >= 11 is 0. The predicted octanol–water partition coefficient (Wildman–Crippen LogP) is -0.514. The number of ether oxygens (including phenoxy) is 1. The van der Waals surface area contributed by atoms with Gasteiger partial charge in [-0.1, -0.05) is 0 Å². The third-order valence-electron chi connectivity index (χ3n) is 1.45. The van der Waals surface area contributed by atoms with Gasteiger partial charge in [0.2, 0.25) is 5.91 Å². The second-order valence-electron chi connectivity index (χ2n) is 2.94. The fourth-order valence-corrected chi connectivity index (χ4v) is 0.456. The Bertz CT molecular complexity index is 134. The molecule has 0 aliphatic rings. The van der Waals surface area contributed by atoms with Crippen molar-refractivity contribution in [1.82, 2.24) is 5.32 Å². The molecular weight excluding hydrogens is 144 g/mol. The minimum absolute atomic E-state index is 0.0276.